The number of likely N-dealkylation sites (tertiary alicyclic amines) is 1. The van der Waals surface area contributed by atoms with Gasteiger partial charge in [0.05, 0.1) is 11.0 Å². The number of piperidine rings is 1. The van der Waals surface area contributed by atoms with Gasteiger partial charge >= 0.3 is 29.3 Å². The van der Waals surface area contributed by atoms with Crippen LogP contribution in [0.2, 0.25) is 0 Å². The first-order valence-corrected chi connectivity index (χ1v) is 13.7. The minimum atomic E-state index is -2.77. The van der Waals surface area contributed by atoms with Gasteiger partial charge in [-0.1, -0.05) is 13.8 Å². The lowest BCUT2D eigenvalue weighted by Crippen LogP contribution is -2.57. The molecule has 1 aromatic carbocycles. The second-order valence-electron chi connectivity index (χ2n) is 11.4. The van der Waals surface area contributed by atoms with Crippen molar-refractivity contribution in [1.82, 2.24) is 9.80 Å². The summed E-state index contributed by atoms with van der Waals surface area (Å²) in [6, 6.07) is 2.54. The van der Waals surface area contributed by atoms with Crippen LogP contribution in [0.25, 0.3) is 0 Å². The number of carbonyl (C=O) groups excluding carboxylic acids is 2. The molecule has 2 rings (SSSR count). The first-order chi connectivity index (χ1) is 19.0. The Labute approximate surface area is 239 Å². The largest absolute Gasteiger partial charge is 0.478 e. The number of amides is 2. The third-order valence-corrected chi connectivity index (χ3v) is 7.10. The van der Waals surface area contributed by atoms with Crippen molar-refractivity contribution in [2.75, 3.05) is 13.1 Å². The van der Waals surface area contributed by atoms with Crippen molar-refractivity contribution in [2.45, 2.75) is 97.4 Å². The van der Waals surface area contributed by atoms with Gasteiger partial charge in [0.25, 0.3) is 5.91 Å². The Morgan fingerprint density at radius 2 is 1.71 bits per heavy atom. The molecule has 1 saturated heterocycles. The van der Waals surface area contributed by atoms with Crippen molar-refractivity contribution < 1.29 is 43.8 Å². The number of nitrogens with zero attached hydrogens (tertiary/aromatic N) is 3. The van der Waals surface area contributed by atoms with Crippen LogP contribution in [-0.4, -0.2) is 85.3 Å². The van der Waals surface area contributed by atoms with E-state index in [0.29, 0.717) is 19.4 Å². The van der Waals surface area contributed by atoms with E-state index in [4.69, 9.17) is 9.47 Å². The summed E-state index contributed by atoms with van der Waals surface area (Å²) in [4.78, 5) is 65.1. The molecule has 0 aliphatic carbocycles. The fourth-order valence-electron chi connectivity index (χ4n) is 5.17. The van der Waals surface area contributed by atoms with Crippen LogP contribution in [0.15, 0.2) is 18.2 Å². The molecule has 2 N–H and O–H groups in total. The molecule has 13 nitrogen and oxygen atoms in total. The van der Waals surface area contributed by atoms with Crippen molar-refractivity contribution in [3.05, 3.63) is 33.9 Å². The molecule has 0 bridgehead atoms. The van der Waals surface area contributed by atoms with Crippen LogP contribution in [0.5, 0.6) is 5.75 Å². The fraction of sp³-hybridized carbons (Fsp3) is 0.643. The van der Waals surface area contributed by atoms with Gasteiger partial charge in [-0.2, -0.15) is 0 Å². The quantitative estimate of drug-likeness (QED) is 0.214. The molecular formula is C28H41N3O10. The molecule has 13 heteroatoms. The number of carboxylic acid groups (broad SMARTS) is 2. The molecule has 1 aliphatic rings. The van der Waals surface area contributed by atoms with Gasteiger partial charge in [-0.05, 0) is 72.4 Å². The molecule has 1 atom stereocenters. The van der Waals surface area contributed by atoms with Crippen LogP contribution in [0.3, 0.4) is 0 Å². The smallest absolute Gasteiger partial charge is 0.410 e. The minimum absolute atomic E-state index is 0.0640. The maximum absolute atomic E-state index is 13.7. The lowest BCUT2D eigenvalue weighted by Gasteiger charge is -2.41. The Bertz CT molecular complexity index is 1140. The zero-order chi connectivity index (χ0) is 31.3. The highest BCUT2D eigenvalue weighted by Crippen LogP contribution is 2.37. The molecular weight excluding hydrogens is 538 g/mol. The summed E-state index contributed by atoms with van der Waals surface area (Å²) in [7, 11) is 0. The average Bonchev–Trinajstić information content (AvgIpc) is 2.87. The third-order valence-electron chi connectivity index (χ3n) is 7.10. The van der Waals surface area contributed by atoms with Crippen LogP contribution < -0.4 is 4.74 Å². The van der Waals surface area contributed by atoms with Crippen LogP contribution in [0.4, 0.5) is 10.5 Å². The number of ether oxygens (including phenoxy) is 2. The van der Waals surface area contributed by atoms with Crippen molar-refractivity contribution >= 4 is 29.6 Å². The summed E-state index contributed by atoms with van der Waals surface area (Å²) in [5.74, 6) is -5.67. The highest BCUT2D eigenvalue weighted by molar-refractivity contribution is 6.03. The van der Waals surface area contributed by atoms with E-state index < -0.39 is 57.4 Å². The lowest BCUT2D eigenvalue weighted by molar-refractivity contribution is -0.386. The van der Waals surface area contributed by atoms with Gasteiger partial charge in [0.15, 0.2) is 5.75 Å². The van der Waals surface area contributed by atoms with Crippen LogP contribution in [-0.2, 0) is 14.3 Å². The van der Waals surface area contributed by atoms with Crippen LogP contribution in [0.1, 0.15) is 84.5 Å². The number of carboxylic acids is 2. The number of carbonyl (C=O) groups is 4. The Morgan fingerprint density at radius 3 is 2.17 bits per heavy atom. The van der Waals surface area contributed by atoms with Crippen molar-refractivity contribution in [1.29, 1.82) is 0 Å². The summed E-state index contributed by atoms with van der Waals surface area (Å²) in [6.45, 7) is 12.8. The number of hydrogen-bond acceptors (Lipinski definition) is 8. The topological polar surface area (TPSA) is 177 Å². The molecule has 2 amide bonds. The maximum Gasteiger partial charge on any atom is 0.410 e. The van der Waals surface area contributed by atoms with Gasteiger partial charge in [0.2, 0.25) is 0 Å². The monoisotopic (exact) mass is 579 g/mol. The minimum Gasteiger partial charge on any atom is -0.478 e. The van der Waals surface area contributed by atoms with Gasteiger partial charge in [0.1, 0.15) is 5.60 Å². The molecule has 228 valence electrons. The molecule has 1 fully saturated rings. The van der Waals surface area contributed by atoms with Crippen LogP contribution in [0, 0.1) is 16.0 Å². The molecule has 0 radical (unpaired) electrons. The van der Waals surface area contributed by atoms with Crippen molar-refractivity contribution in [2.24, 2.45) is 5.92 Å². The molecule has 0 spiro atoms. The first-order valence-electron chi connectivity index (χ1n) is 13.7. The van der Waals surface area contributed by atoms with E-state index in [-0.39, 0.29) is 37.0 Å². The van der Waals surface area contributed by atoms with E-state index >= 15 is 0 Å². The molecule has 0 aromatic heterocycles. The standard InChI is InChI=1S/C28H41N3O10/c1-8-19(9-2)28(24(33)34,25(35)36)40-22-13-12-18(15-21(22)31(38)39)23(32)30(17(3)4)20-11-10-14-29(16-20)26(37)41-27(5,6)7/h12-13,15,17,19-20H,8-11,14,16H2,1-7H3,(H,33,34)(H,35,36)/t20-/m1/s1. The summed E-state index contributed by atoms with van der Waals surface area (Å²) >= 11 is 0. The number of nitro groups is 1. The van der Waals surface area contributed by atoms with Gasteiger partial charge in [-0.25, -0.2) is 14.4 Å². The van der Waals surface area contributed by atoms with Crippen LogP contribution >= 0.6 is 0 Å². The summed E-state index contributed by atoms with van der Waals surface area (Å²) in [6.07, 6.45) is 0.986. The number of rotatable bonds is 11. The Balaban J connectivity index is 2.47. The number of hydrogen-bond donors (Lipinski definition) is 2. The lowest BCUT2D eigenvalue weighted by atomic mass is 9.83. The Hall–Kier alpha value is -3.90. The van der Waals surface area contributed by atoms with E-state index in [0.717, 1.165) is 12.1 Å². The van der Waals surface area contributed by atoms with Gasteiger partial charge in [-0.3, -0.25) is 14.9 Å². The van der Waals surface area contributed by atoms with Gasteiger partial charge < -0.3 is 29.5 Å². The first kappa shape index (κ1) is 33.3. The normalized spacial score (nSPS) is 15.9. The Morgan fingerprint density at radius 1 is 1.12 bits per heavy atom. The van der Waals surface area contributed by atoms with E-state index in [9.17, 15) is 39.5 Å². The predicted molar refractivity (Wildman–Crippen MR) is 148 cm³/mol. The zero-order valence-electron chi connectivity index (χ0n) is 24.7. The average molecular weight is 580 g/mol. The molecule has 0 unspecified atom stereocenters. The molecule has 1 aromatic rings. The van der Waals surface area contributed by atoms with E-state index in [1.807, 2.05) is 0 Å². The molecule has 0 saturated carbocycles. The molecule has 41 heavy (non-hydrogen) atoms. The summed E-state index contributed by atoms with van der Waals surface area (Å²) in [5, 5.41) is 31.8. The second kappa shape index (κ2) is 13.2. The highest BCUT2D eigenvalue weighted by atomic mass is 16.6. The fourth-order valence-corrected chi connectivity index (χ4v) is 5.17. The van der Waals surface area contributed by atoms with E-state index in [1.54, 1.807) is 53.4 Å². The summed E-state index contributed by atoms with van der Waals surface area (Å²) in [5.41, 5.74) is -4.26. The highest BCUT2D eigenvalue weighted by Gasteiger charge is 2.55. The van der Waals surface area contributed by atoms with Crippen molar-refractivity contribution in [3.63, 3.8) is 0 Å². The van der Waals surface area contributed by atoms with Gasteiger partial charge in [0, 0.05) is 36.7 Å². The van der Waals surface area contributed by atoms with Gasteiger partial charge in [-0.15, -0.1) is 0 Å². The van der Waals surface area contributed by atoms with E-state index in [1.165, 1.54) is 11.0 Å². The predicted octanol–water partition coefficient (Wildman–Crippen LogP) is 4.57. The third kappa shape index (κ3) is 7.44. The number of benzene rings is 1. The zero-order valence-corrected chi connectivity index (χ0v) is 24.7. The van der Waals surface area contributed by atoms with Crippen molar-refractivity contribution in [3.8, 4) is 5.75 Å². The number of aliphatic carboxylic acids is 2. The second-order valence-corrected chi connectivity index (χ2v) is 11.4. The Kier molecular flexibility index (Phi) is 10.7. The maximum atomic E-state index is 13.7. The molecule has 1 aliphatic heterocycles. The summed E-state index contributed by atoms with van der Waals surface area (Å²) < 4.78 is 11.0. The molecule has 1 heterocycles. The number of nitro benzene ring substituents is 1. The SMILES string of the molecule is CCC(CC)C(Oc1ccc(C(=O)N(C(C)C)[C@@H]2CCCN(C(=O)OC(C)(C)C)C2)cc1[N+](=O)[O-])(C(=O)O)C(=O)O. The van der Waals surface area contributed by atoms with E-state index in [2.05, 4.69) is 0 Å².